The zero-order valence-corrected chi connectivity index (χ0v) is 46.9. The Morgan fingerprint density at radius 2 is 1.18 bits per heavy atom. The first-order valence-corrected chi connectivity index (χ1v) is 36.7. The molecule has 0 saturated heterocycles. The van der Waals surface area contributed by atoms with Crippen LogP contribution in [0.15, 0.2) is 95.9 Å². The van der Waals surface area contributed by atoms with Gasteiger partial charge in [0.2, 0.25) is 8.32 Å². The number of hydrogen-bond acceptors (Lipinski definition) is 14. The third-order valence-corrected chi connectivity index (χ3v) is 28.9. The van der Waals surface area contributed by atoms with E-state index in [9.17, 15) is 24.3 Å². The quantitative estimate of drug-likeness (QED) is 0.0154. The van der Waals surface area contributed by atoms with Gasteiger partial charge in [0.15, 0.2) is 14.1 Å². The minimum Gasteiger partial charge on any atom is -0.507 e. The van der Waals surface area contributed by atoms with Crippen LogP contribution in [0.1, 0.15) is 59.5 Å². The molecule has 0 aliphatic carbocycles. The number of phenolic OH excluding ortho intramolecular Hbond substituents is 1. The Morgan fingerprint density at radius 3 is 1.70 bits per heavy atom. The van der Waals surface area contributed by atoms with Gasteiger partial charge < -0.3 is 45.4 Å². The van der Waals surface area contributed by atoms with Gasteiger partial charge in [0.1, 0.15) is 30.3 Å². The number of aromatic hydroxyl groups is 1. The molecule has 0 saturated carbocycles. The standard InChI is InChI=1S/C48H71NO13Si5/c1-17-49(18-2)38-27-30-42(44(50)32-38)45(51)40-23-21-22-24-41(40)46(52)58-34-36(6)67(16,59-63(7,8)9)62-66(14,15)61-65(12,13)60-64(10,11)35(5)33-57-39-28-25-37(26-29-39)31-43(47(53)55-19-3)48(54)56-20-4/h21-32,50H,5-6,17-20,33-34H2,1-4,7-16H3. The number of benzene rings is 3. The molecule has 14 nitrogen and oxygen atoms in total. The van der Waals surface area contributed by atoms with Gasteiger partial charge in [-0.25, -0.2) is 14.4 Å². The molecular weight excluding hydrogens is 939 g/mol. The van der Waals surface area contributed by atoms with Gasteiger partial charge in [0, 0.05) is 35.6 Å². The first-order chi connectivity index (χ1) is 31.1. The molecule has 19 heteroatoms. The fraction of sp³-hybridized carbons (Fsp3) is 0.417. The molecule has 0 amide bonds. The fourth-order valence-electron chi connectivity index (χ4n) is 7.19. The van der Waals surface area contributed by atoms with Crippen molar-refractivity contribution in [3.05, 3.63) is 118 Å². The number of ether oxygens (including phenoxy) is 4. The maximum absolute atomic E-state index is 13.8. The summed E-state index contributed by atoms with van der Waals surface area (Å²) in [5.41, 5.74) is 1.39. The van der Waals surface area contributed by atoms with Crippen LogP contribution in [-0.4, -0.2) is 111 Å². The lowest BCUT2D eigenvalue weighted by Gasteiger charge is -2.43. The number of esters is 3. The van der Waals surface area contributed by atoms with Gasteiger partial charge in [-0.3, -0.25) is 4.79 Å². The van der Waals surface area contributed by atoms with E-state index in [0.717, 1.165) is 24.0 Å². The summed E-state index contributed by atoms with van der Waals surface area (Å²) >= 11 is 0. The zero-order chi connectivity index (χ0) is 50.5. The van der Waals surface area contributed by atoms with Crippen LogP contribution in [0.4, 0.5) is 5.69 Å². The second kappa shape index (κ2) is 24.0. The number of carbonyl (C=O) groups is 4. The van der Waals surface area contributed by atoms with Crippen LogP contribution >= 0.6 is 0 Å². The second-order valence-corrected chi connectivity index (χ2v) is 37.6. The second-order valence-electron chi connectivity index (χ2n) is 18.2. The van der Waals surface area contributed by atoms with Crippen molar-refractivity contribution in [2.75, 3.05) is 44.4 Å². The summed E-state index contributed by atoms with van der Waals surface area (Å²) in [6, 6.07) is 18.2. The first kappa shape index (κ1) is 56.6. The van der Waals surface area contributed by atoms with Crippen molar-refractivity contribution in [2.24, 2.45) is 0 Å². The summed E-state index contributed by atoms with van der Waals surface area (Å²) < 4.78 is 49.4. The molecule has 0 bridgehead atoms. The molecule has 0 aromatic heterocycles. The molecule has 67 heavy (non-hydrogen) atoms. The number of ketones is 1. The summed E-state index contributed by atoms with van der Waals surface area (Å²) in [5, 5.41) is 12.2. The van der Waals surface area contributed by atoms with E-state index in [0.29, 0.717) is 16.5 Å². The molecule has 1 N–H and O–H groups in total. The van der Waals surface area contributed by atoms with E-state index in [-0.39, 0.29) is 54.4 Å². The third kappa shape index (κ3) is 16.8. The monoisotopic (exact) mass is 1010 g/mol. The Hall–Kier alpha value is -4.72. The molecule has 0 radical (unpaired) electrons. The summed E-state index contributed by atoms with van der Waals surface area (Å²) in [7, 11) is -14.3. The molecule has 3 aromatic carbocycles. The van der Waals surface area contributed by atoms with E-state index < -0.39 is 66.0 Å². The summed E-state index contributed by atoms with van der Waals surface area (Å²) in [6.45, 7) is 37.6. The molecule has 0 fully saturated rings. The minimum absolute atomic E-state index is 0.0497. The van der Waals surface area contributed by atoms with Crippen molar-refractivity contribution < 1.29 is 59.7 Å². The van der Waals surface area contributed by atoms with Crippen LogP contribution in [0.25, 0.3) is 6.08 Å². The Morgan fingerprint density at radius 1 is 0.627 bits per heavy atom. The molecule has 3 aromatic rings. The van der Waals surface area contributed by atoms with Gasteiger partial charge in [-0.05, 0) is 140 Å². The van der Waals surface area contributed by atoms with Crippen molar-refractivity contribution in [2.45, 2.75) is 93.2 Å². The summed E-state index contributed by atoms with van der Waals surface area (Å²) in [4.78, 5) is 54.4. The molecule has 1 atom stereocenters. The molecule has 0 heterocycles. The van der Waals surface area contributed by atoms with Gasteiger partial charge in [-0.1, -0.05) is 43.5 Å². The van der Waals surface area contributed by atoms with Crippen LogP contribution in [0.2, 0.25) is 65.5 Å². The smallest absolute Gasteiger partial charge is 0.348 e. The van der Waals surface area contributed by atoms with E-state index in [1.165, 1.54) is 18.2 Å². The largest absolute Gasteiger partial charge is 0.507 e. The lowest BCUT2D eigenvalue weighted by Crippen LogP contribution is -2.60. The van der Waals surface area contributed by atoms with Crippen LogP contribution < -0.4 is 9.64 Å². The van der Waals surface area contributed by atoms with Crippen molar-refractivity contribution in [1.82, 2.24) is 0 Å². The highest BCUT2D eigenvalue weighted by Gasteiger charge is 2.49. The van der Waals surface area contributed by atoms with Gasteiger partial charge >= 0.3 is 43.6 Å². The van der Waals surface area contributed by atoms with Crippen LogP contribution in [0, 0.1) is 0 Å². The number of nitrogens with zero attached hydrogens (tertiary/aromatic N) is 1. The number of phenols is 1. The Labute approximate surface area is 402 Å². The van der Waals surface area contributed by atoms with Crippen LogP contribution in [0.5, 0.6) is 11.5 Å². The Balaban J connectivity index is 1.71. The van der Waals surface area contributed by atoms with E-state index in [1.54, 1.807) is 68.4 Å². The van der Waals surface area contributed by atoms with E-state index >= 15 is 0 Å². The van der Waals surface area contributed by atoms with E-state index in [2.05, 4.69) is 18.1 Å². The van der Waals surface area contributed by atoms with Crippen molar-refractivity contribution >= 4 is 77.8 Å². The number of rotatable bonds is 26. The normalized spacial score (nSPS) is 12.9. The highest BCUT2D eigenvalue weighted by Crippen LogP contribution is 2.32. The van der Waals surface area contributed by atoms with Crippen LogP contribution in [-0.2, 0) is 40.3 Å². The third-order valence-electron chi connectivity index (χ3n) is 10.1. The maximum Gasteiger partial charge on any atom is 0.348 e. The summed E-state index contributed by atoms with van der Waals surface area (Å²) in [6.07, 6.45) is 1.42. The lowest BCUT2D eigenvalue weighted by molar-refractivity contribution is -0.146. The minimum atomic E-state index is -3.36. The molecule has 0 aliphatic heterocycles. The zero-order valence-electron chi connectivity index (χ0n) is 41.9. The van der Waals surface area contributed by atoms with E-state index in [1.807, 2.05) is 79.3 Å². The highest BCUT2D eigenvalue weighted by atomic mass is 28.5. The average molecular weight is 1010 g/mol. The molecule has 1 unspecified atom stereocenters. The number of hydrogen-bond donors (Lipinski definition) is 1. The topological polar surface area (TPSA) is 166 Å². The maximum atomic E-state index is 13.8. The fourth-order valence-corrected chi connectivity index (χ4v) is 29.4. The van der Waals surface area contributed by atoms with Crippen molar-refractivity contribution in [1.29, 1.82) is 0 Å². The molecule has 0 aliphatic rings. The number of anilines is 1. The van der Waals surface area contributed by atoms with Gasteiger partial charge in [-0.15, -0.1) is 0 Å². The van der Waals surface area contributed by atoms with Crippen molar-refractivity contribution in [3.8, 4) is 11.5 Å². The highest BCUT2D eigenvalue weighted by molar-refractivity contribution is 6.93. The van der Waals surface area contributed by atoms with Gasteiger partial charge in [0.25, 0.3) is 0 Å². The van der Waals surface area contributed by atoms with Crippen LogP contribution in [0.3, 0.4) is 0 Å². The van der Waals surface area contributed by atoms with E-state index in [4.69, 9.17) is 35.4 Å². The number of carbonyl (C=O) groups excluding carboxylic acids is 4. The predicted octanol–water partition coefficient (Wildman–Crippen LogP) is 9.99. The van der Waals surface area contributed by atoms with Gasteiger partial charge in [0.05, 0.1) is 24.3 Å². The first-order valence-electron chi connectivity index (χ1n) is 22.5. The molecule has 366 valence electrons. The lowest BCUT2D eigenvalue weighted by atomic mass is 9.97. The van der Waals surface area contributed by atoms with Gasteiger partial charge in [-0.2, -0.15) is 0 Å². The predicted molar refractivity (Wildman–Crippen MR) is 275 cm³/mol. The average Bonchev–Trinajstić information content (AvgIpc) is 3.22. The molecule has 0 spiro atoms. The van der Waals surface area contributed by atoms with Crippen molar-refractivity contribution in [3.63, 3.8) is 0 Å². The Kier molecular flexibility index (Phi) is 20.3. The summed E-state index contributed by atoms with van der Waals surface area (Å²) in [5.74, 6) is -2.39. The SMILES string of the molecule is C=C(COc1ccc(C=C(C(=O)OCC)C(=O)OCC)cc1)[Si](C)(C)O[Si](C)(C)O[Si](C)(C)O[Si](C)(O[Si](C)(C)C)C(=C)COC(=O)c1ccccc1C(=O)c1ccc(N(CC)CC)cc1O. The Bertz CT molecular complexity index is 2270. The molecular formula is C48H71NO13Si5. The molecule has 3 rings (SSSR count).